The fourth-order valence-electron chi connectivity index (χ4n) is 4.26. The van der Waals surface area contributed by atoms with Crippen LogP contribution < -0.4 is 10.4 Å². The van der Waals surface area contributed by atoms with Crippen LogP contribution in [0.15, 0.2) is 53.0 Å². The molecule has 118 valence electrons. The minimum absolute atomic E-state index is 1.03. The molecule has 0 unspecified atom stereocenters. The van der Waals surface area contributed by atoms with E-state index in [1.54, 1.807) is 0 Å². The molecular weight excluding hydrogens is 292 g/mol. The van der Waals surface area contributed by atoms with Crippen molar-refractivity contribution in [3.05, 3.63) is 75.9 Å². The number of aryl methyl sites for hydroxylation is 1. The topological polar surface area (TPSA) is 13.1 Å². The maximum Gasteiger partial charge on any atom is 0.135 e. The molecule has 1 heteroatoms. The van der Waals surface area contributed by atoms with E-state index in [1.165, 1.54) is 38.1 Å². The SMILES string of the molecule is CC1=c2ccccc2=C(c2cccc3oc4c(c23)CCC=C4)CC1. The highest BCUT2D eigenvalue weighted by molar-refractivity contribution is 5.96. The highest BCUT2D eigenvalue weighted by Crippen LogP contribution is 2.36. The van der Waals surface area contributed by atoms with E-state index in [2.05, 4.69) is 61.5 Å². The Balaban J connectivity index is 1.92. The van der Waals surface area contributed by atoms with Crippen LogP contribution in [-0.4, -0.2) is 0 Å². The van der Waals surface area contributed by atoms with Crippen LogP contribution in [0.2, 0.25) is 0 Å². The van der Waals surface area contributed by atoms with Crippen molar-refractivity contribution < 1.29 is 4.42 Å². The molecule has 1 nitrogen and oxygen atoms in total. The molecule has 0 saturated heterocycles. The average molecular weight is 312 g/mol. The molecule has 5 rings (SSSR count). The zero-order chi connectivity index (χ0) is 16.1. The third kappa shape index (κ3) is 1.94. The van der Waals surface area contributed by atoms with Gasteiger partial charge in [0.05, 0.1) is 0 Å². The van der Waals surface area contributed by atoms with E-state index in [-0.39, 0.29) is 0 Å². The Bertz CT molecular complexity index is 1110. The van der Waals surface area contributed by atoms with Gasteiger partial charge < -0.3 is 4.42 Å². The predicted octanol–water partition coefficient (Wildman–Crippen LogP) is 4.56. The number of rotatable bonds is 1. The number of allylic oxidation sites excluding steroid dienone is 1. The summed E-state index contributed by atoms with van der Waals surface area (Å²) in [4.78, 5) is 0. The fraction of sp³-hybridized carbons (Fsp3) is 0.217. The molecule has 1 heterocycles. The lowest BCUT2D eigenvalue weighted by atomic mass is 9.87. The molecule has 0 aliphatic heterocycles. The van der Waals surface area contributed by atoms with E-state index in [0.29, 0.717) is 0 Å². The zero-order valence-corrected chi connectivity index (χ0v) is 13.9. The van der Waals surface area contributed by atoms with Gasteiger partial charge in [-0.05, 0) is 66.3 Å². The van der Waals surface area contributed by atoms with Gasteiger partial charge in [-0.15, -0.1) is 0 Å². The van der Waals surface area contributed by atoms with Crippen molar-refractivity contribution in [2.75, 3.05) is 0 Å². The Morgan fingerprint density at radius 2 is 1.75 bits per heavy atom. The van der Waals surface area contributed by atoms with Gasteiger partial charge in [0.2, 0.25) is 0 Å². The molecule has 0 N–H and O–H groups in total. The number of furan rings is 1. The van der Waals surface area contributed by atoms with Crippen LogP contribution in [0.3, 0.4) is 0 Å². The summed E-state index contributed by atoms with van der Waals surface area (Å²) in [6, 6.07) is 15.4. The standard InChI is InChI=1S/C23H20O/c1-15-13-14-18(17-8-3-2-7-16(15)17)19-10-6-12-22-23(19)20-9-4-5-11-21(20)24-22/h2-3,5-8,10-12H,4,9,13-14H2,1H3. The number of benzene rings is 2. The van der Waals surface area contributed by atoms with E-state index < -0.39 is 0 Å². The van der Waals surface area contributed by atoms with E-state index in [1.807, 2.05) is 0 Å². The second-order valence-electron chi connectivity index (χ2n) is 6.87. The first-order valence-electron chi connectivity index (χ1n) is 8.82. The molecule has 0 atom stereocenters. The van der Waals surface area contributed by atoms with Crippen molar-refractivity contribution in [2.45, 2.75) is 32.6 Å². The normalized spacial score (nSPS) is 16.4. The third-order valence-corrected chi connectivity index (χ3v) is 5.46. The lowest BCUT2D eigenvalue weighted by molar-refractivity contribution is 0.595. The van der Waals surface area contributed by atoms with Crippen molar-refractivity contribution in [3.8, 4) is 0 Å². The first kappa shape index (κ1) is 13.9. The molecule has 2 aliphatic rings. The minimum Gasteiger partial charge on any atom is -0.456 e. The Kier molecular flexibility index (Phi) is 3.02. The highest BCUT2D eigenvalue weighted by Gasteiger charge is 2.20. The molecule has 1 aromatic heterocycles. The average Bonchev–Trinajstić information content (AvgIpc) is 3.01. The fourth-order valence-corrected chi connectivity index (χ4v) is 4.26. The van der Waals surface area contributed by atoms with Gasteiger partial charge in [-0.1, -0.05) is 48.0 Å². The number of hydrogen-bond acceptors (Lipinski definition) is 1. The molecular formula is C23H20O. The monoisotopic (exact) mass is 312 g/mol. The van der Waals surface area contributed by atoms with Crippen molar-refractivity contribution in [1.29, 1.82) is 0 Å². The van der Waals surface area contributed by atoms with Crippen molar-refractivity contribution in [2.24, 2.45) is 0 Å². The number of fused-ring (bicyclic) bond motifs is 4. The molecule has 0 radical (unpaired) electrons. The van der Waals surface area contributed by atoms with E-state index >= 15 is 0 Å². The van der Waals surface area contributed by atoms with E-state index in [9.17, 15) is 0 Å². The summed E-state index contributed by atoms with van der Waals surface area (Å²) in [5.74, 6) is 1.05. The van der Waals surface area contributed by atoms with Crippen LogP contribution in [0, 0.1) is 0 Å². The van der Waals surface area contributed by atoms with Gasteiger partial charge in [-0.3, -0.25) is 0 Å². The van der Waals surface area contributed by atoms with Crippen LogP contribution in [0.4, 0.5) is 0 Å². The Hall–Kier alpha value is -2.54. The molecule has 0 saturated carbocycles. The third-order valence-electron chi connectivity index (χ3n) is 5.46. The predicted molar refractivity (Wildman–Crippen MR) is 100 cm³/mol. The van der Waals surface area contributed by atoms with Crippen molar-refractivity contribution >= 4 is 28.2 Å². The molecule has 2 aliphatic carbocycles. The van der Waals surface area contributed by atoms with Crippen LogP contribution in [-0.2, 0) is 6.42 Å². The maximum absolute atomic E-state index is 6.13. The van der Waals surface area contributed by atoms with Crippen LogP contribution in [0.1, 0.15) is 43.1 Å². The summed E-state index contributed by atoms with van der Waals surface area (Å²) in [6.07, 6.45) is 8.79. The van der Waals surface area contributed by atoms with Gasteiger partial charge in [0.15, 0.2) is 0 Å². The van der Waals surface area contributed by atoms with E-state index in [0.717, 1.165) is 37.0 Å². The molecule has 0 amide bonds. The largest absolute Gasteiger partial charge is 0.456 e. The second kappa shape index (κ2) is 5.24. The molecule has 0 fully saturated rings. The van der Waals surface area contributed by atoms with Crippen LogP contribution >= 0.6 is 0 Å². The van der Waals surface area contributed by atoms with Gasteiger partial charge in [0.25, 0.3) is 0 Å². The summed E-state index contributed by atoms with van der Waals surface area (Å²) in [5, 5.41) is 4.14. The first-order valence-corrected chi connectivity index (χ1v) is 8.82. The van der Waals surface area contributed by atoms with Crippen LogP contribution in [0.25, 0.3) is 28.2 Å². The van der Waals surface area contributed by atoms with Gasteiger partial charge >= 0.3 is 0 Å². The summed E-state index contributed by atoms with van der Waals surface area (Å²) < 4.78 is 6.13. The summed E-state index contributed by atoms with van der Waals surface area (Å²) >= 11 is 0. The number of hydrogen-bond donors (Lipinski definition) is 0. The lowest BCUT2D eigenvalue weighted by Crippen LogP contribution is -2.31. The van der Waals surface area contributed by atoms with Gasteiger partial charge in [0.1, 0.15) is 11.3 Å². The van der Waals surface area contributed by atoms with E-state index in [4.69, 9.17) is 4.42 Å². The molecule has 0 spiro atoms. The van der Waals surface area contributed by atoms with Gasteiger partial charge in [0, 0.05) is 10.9 Å². The highest BCUT2D eigenvalue weighted by atomic mass is 16.3. The van der Waals surface area contributed by atoms with Gasteiger partial charge in [-0.25, -0.2) is 0 Å². The summed E-state index contributed by atoms with van der Waals surface area (Å²) in [5.41, 5.74) is 6.76. The summed E-state index contributed by atoms with van der Waals surface area (Å²) in [7, 11) is 0. The zero-order valence-electron chi connectivity index (χ0n) is 13.9. The Labute approximate surface area is 141 Å². The smallest absolute Gasteiger partial charge is 0.135 e. The van der Waals surface area contributed by atoms with Crippen LogP contribution in [0.5, 0.6) is 0 Å². The van der Waals surface area contributed by atoms with Crippen molar-refractivity contribution in [3.63, 3.8) is 0 Å². The molecule has 3 aromatic rings. The molecule has 24 heavy (non-hydrogen) atoms. The summed E-state index contributed by atoms with van der Waals surface area (Å²) in [6.45, 7) is 2.26. The Morgan fingerprint density at radius 1 is 0.875 bits per heavy atom. The molecule has 2 aromatic carbocycles. The quantitative estimate of drug-likeness (QED) is 0.642. The first-order chi connectivity index (χ1) is 11.8. The maximum atomic E-state index is 6.13. The second-order valence-corrected chi connectivity index (χ2v) is 6.87. The van der Waals surface area contributed by atoms with Gasteiger partial charge in [-0.2, -0.15) is 0 Å². The molecule has 0 bridgehead atoms. The minimum atomic E-state index is 1.03. The lowest BCUT2D eigenvalue weighted by Gasteiger charge is -2.16. The van der Waals surface area contributed by atoms with Crippen molar-refractivity contribution in [1.82, 2.24) is 0 Å². The Morgan fingerprint density at radius 3 is 2.67 bits per heavy atom.